The second-order valence-corrected chi connectivity index (χ2v) is 4.05. The van der Waals surface area contributed by atoms with Crippen LogP contribution in [0.5, 0.6) is 0 Å². The van der Waals surface area contributed by atoms with Crippen molar-refractivity contribution in [1.82, 2.24) is 24.5 Å². The number of aromatic nitrogens is 5. The molecule has 7 nitrogen and oxygen atoms in total. The predicted octanol–water partition coefficient (Wildman–Crippen LogP) is 1.02. The number of anilines is 2. The maximum atomic E-state index is 6.00. The molecule has 0 saturated carbocycles. The highest BCUT2D eigenvalue weighted by Gasteiger charge is 2.12. The highest BCUT2D eigenvalue weighted by molar-refractivity contribution is 5.64. The molecule has 2 heterocycles. The second kappa shape index (κ2) is 5.07. The third kappa shape index (κ3) is 2.15. The van der Waals surface area contributed by atoms with Gasteiger partial charge < -0.3 is 15.6 Å². The molecule has 0 unspecified atom stereocenters. The number of nitrogens with two attached hydrogens (primary N) is 1. The Kier molecular flexibility index (Phi) is 3.50. The standard InChI is InChI=1S/C11H19N7/c1-4-17-7-14-15-9(17)6-13-11-10(12)8(3)16-18(11)5-2/h7,13H,4-6,12H2,1-3H3. The van der Waals surface area contributed by atoms with E-state index >= 15 is 0 Å². The summed E-state index contributed by atoms with van der Waals surface area (Å²) >= 11 is 0. The molecule has 2 rings (SSSR count). The third-order valence-corrected chi connectivity index (χ3v) is 2.92. The molecule has 0 bridgehead atoms. The van der Waals surface area contributed by atoms with Crippen molar-refractivity contribution >= 4 is 11.5 Å². The van der Waals surface area contributed by atoms with Gasteiger partial charge in [0.2, 0.25) is 0 Å². The van der Waals surface area contributed by atoms with Crippen LogP contribution in [0.25, 0.3) is 0 Å². The lowest BCUT2D eigenvalue weighted by atomic mass is 10.4. The minimum absolute atomic E-state index is 0.586. The minimum atomic E-state index is 0.586. The van der Waals surface area contributed by atoms with Crippen LogP contribution in [0.4, 0.5) is 11.5 Å². The lowest BCUT2D eigenvalue weighted by molar-refractivity contribution is 0.652. The fraction of sp³-hybridized carbons (Fsp3) is 0.545. The Balaban J connectivity index is 2.15. The first kappa shape index (κ1) is 12.4. The highest BCUT2D eigenvalue weighted by Crippen LogP contribution is 2.22. The smallest absolute Gasteiger partial charge is 0.152 e. The van der Waals surface area contributed by atoms with Crippen LogP contribution in [-0.4, -0.2) is 24.5 Å². The van der Waals surface area contributed by atoms with Crippen molar-refractivity contribution in [1.29, 1.82) is 0 Å². The molecule has 0 fully saturated rings. The molecule has 7 heteroatoms. The average Bonchev–Trinajstić information content (AvgIpc) is 2.93. The molecule has 0 aromatic carbocycles. The summed E-state index contributed by atoms with van der Waals surface area (Å²) in [5.41, 5.74) is 7.54. The van der Waals surface area contributed by atoms with Gasteiger partial charge in [-0.15, -0.1) is 10.2 Å². The number of nitrogens with one attached hydrogen (secondary N) is 1. The van der Waals surface area contributed by atoms with E-state index in [4.69, 9.17) is 5.73 Å². The van der Waals surface area contributed by atoms with Gasteiger partial charge >= 0.3 is 0 Å². The molecule has 0 atom stereocenters. The molecule has 0 aliphatic rings. The molecule has 0 aliphatic heterocycles. The third-order valence-electron chi connectivity index (χ3n) is 2.92. The zero-order valence-corrected chi connectivity index (χ0v) is 11.0. The highest BCUT2D eigenvalue weighted by atomic mass is 15.3. The number of hydrogen-bond acceptors (Lipinski definition) is 5. The Bertz CT molecular complexity index is 525. The summed E-state index contributed by atoms with van der Waals surface area (Å²) in [6, 6.07) is 0. The van der Waals surface area contributed by atoms with E-state index in [0.717, 1.165) is 30.4 Å². The SMILES string of the molecule is CCn1cnnc1CNc1c(N)c(C)nn1CC. The molecule has 0 amide bonds. The van der Waals surface area contributed by atoms with E-state index in [1.807, 2.05) is 23.1 Å². The van der Waals surface area contributed by atoms with Gasteiger partial charge in [-0.25, -0.2) is 4.68 Å². The molecule has 18 heavy (non-hydrogen) atoms. The summed E-state index contributed by atoms with van der Waals surface area (Å²) in [7, 11) is 0. The van der Waals surface area contributed by atoms with Crippen molar-refractivity contribution in [2.24, 2.45) is 0 Å². The van der Waals surface area contributed by atoms with Gasteiger partial charge in [0.25, 0.3) is 0 Å². The number of nitrogen functional groups attached to an aromatic ring is 1. The molecule has 2 aromatic heterocycles. The van der Waals surface area contributed by atoms with Gasteiger partial charge in [0.15, 0.2) is 5.82 Å². The van der Waals surface area contributed by atoms with Crippen molar-refractivity contribution in [3.05, 3.63) is 17.8 Å². The minimum Gasteiger partial charge on any atom is -0.394 e. The lowest BCUT2D eigenvalue weighted by Gasteiger charge is -2.09. The van der Waals surface area contributed by atoms with Gasteiger partial charge in [-0.05, 0) is 20.8 Å². The fourth-order valence-electron chi connectivity index (χ4n) is 1.85. The van der Waals surface area contributed by atoms with Crippen LogP contribution in [0.1, 0.15) is 25.4 Å². The molecule has 0 aliphatic carbocycles. The molecular formula is C11H19N7. The van der Waals surface area contributed by atoms with Gasteiger partial charge in [0.05, 0.1) is 17.9 Å². The van der Waals surface area contributed by atoms with E-state index in [-0.39, 0.29) is 0 Å². The summed E-state index contributed by atoms with van der Waals surface area (Å²) in [4.78, 5) is 0. The van der Waals surface area contributed by atoms with Crippen molar-refractivity contribution in [2.75, 3.05) is 11.1 Å². The number of rotatable bonds is 5. The zero-order valence-electron chi connectivity index (χ0n) is 11.0. The van der Waals surface area contributed by atoms with E-state index in [1.165, 1.54) is 0 Å². The zero-order chi connectivity index (χ0) is 13.1. The van der Waals surface area contributed by atoms with Crippen LogP contribution in [0.2, 0.25) is 0 Å². The first-order valence-electron chi connectivity index (χ1n) is 6.10. The van der Waals surface area contributed by atoms with Gasteiger partial charge in [-0.3, -0.25) is 0 Å². The van der Waals surface area contributed by atoms with Crippen LogP contribution in [-0.2, 0) is 19.6 Å². The maximum absolute atomic E-state index is 6.00. The van der Waals surface area contributed by atoms with Crippen molar-refractivity contribution in [3.63, 3.8) is 0 Å². The molecular weight excluding hydrogens is 230 g/mol. The van der Waals surface area contributed by atoms with Gasteiger partial charge in [-0.1, -0.05) is 0 Å². The molecule has 98 valence electrons. The van der Waals surface area contributed by atoms with E-state index < -0.39 is 0 Å². The Labute approximate surface area is 106 Å². The van der Waals surface area contributed by atoms with Gasteiger partial charge in [-0.2, -0.15) is 5.10 Å². The summed E-state index contributed by atoms with van der Waals surface area (Å²) in [6.07, 6.45) is 1.72. The molecule has 2 aromatic rings. The van der Waals surface area contributed by atoms with E-state index in [2.05, 4.69) is 27.5 Å². The first-order chi connectivity index (χ1) is 8.67. The summed E-state index contributed by atoms with van der Waals surface area (Å²) in [6.45, 7) is 8.21. The van der Waals surface area contributed by atoms with Gasteiger partial charge in [0.1, 0.15) is 12.1 Å². The topological polar surface area (TPSA) is 86.6 Å². The summed E-state index contributed by atoms with van der Waals surface area (Å²) in [5.74, 6) is 1.74. The van der Waals surface area contributed by atoms with Crippen molar-refractivity contribution in [3.8, 4) is 0 Å². The number of nitrogens with zero attached hydrogens (tertiary/aromatic N) is 5. The average molecular weight is 249 g/mol. The number of hydrogen-bond donors (Lipinski definition) is 2. The predicted molar refractivity (Wildman–Crippen MR) is 70.1 cm³/mol. The lowest BCUT2D eigenvalue weighted by Crippen LogP contribution is -2.12. The first-order valence-corrected chi connectivity index (χ1v) is 6.10. The molecule has 3 N–H and O–H groups in total. The van der Waals surface area contributed by atoms with Gasteiger partial charge in [0, 0.05) is 13.1 Å². The summed E-state index contributed by atoms with van der Waals surface area (Å²) in [5, 5.41) is 15.6. The Hall–Kier alpha value is -2.05. The van der Waals surface area contributed by atoms with Crippen molar-refractivity contribution < 1.29 is 0 Å². The van der Waals surface area contributed by atoms with E-state index in [9.17, 15) is 0 Å². The monoisotopic (exact) mass is 249 g/mol. The van der Waals surface area contributed by atoms with Crippen molar-refractivity contribution in [2.45, 2.75) is 40.4 Å². The fourth-order valence-corrected chi connectivity index (χ4v) is 1.85. The van der Waals surface area contributed by atoms with Crippen LogP contribution in [0.15, 0.2) is 6.33 Å². The largest absolute Gasteiger partial charge is 0.394 e. The van der Waals surface area contributed by atoms with E-state index in [0.29, 0.717) is 12.2 Å². The van der Waals surface area contributed by atoms with Crippen LogP contribution in [0.3, 0.4) is 0 Å². The maximum Gasteiger partial charge on any atom is 0.152 e. The van der Waals surface area contributed by atoms with Crippen LogP contribution >= 0.6 is 0 Å². The quantitative estimate of drug-likeness (QED) is 0.826. The Morgan fingerprint density at radius 2 is 2.11 bits per heavy atom. The Morgan fingerprint density at radius 1 is 1.33 bits per heavy atom. The van der Waals surface area contributed by atoms with Crippen LogP contribution in [0, 0.1) is 6.92 Å². The van der Waals surface area contributed by atoms with Crippen LogP contribution < -0.4 is 11.1 Å². The normalized spacial score (nSPS) is 10.8. The summed E-state index contributed by atoms with van der Waals surface area (Å²) < 4.78 is 3.85. The van der Waals surface area contributed by atoms with E-state index in [1.54, 1.807) is 6.33 Å². The second-order valence-electron chi connectivity index (χ2n) is 4.05. The Morgan fingerprint density at radius 3 is 2.78 bits per heavy atom. The number of aryl methyl sites for hydroxylation is 3. The molecule has 0 saturated heterocycles. The molecule has 0 radical (unpaired) electrons. The molecule has 0 spiro atoms.